The molecule has 0 aliphatic carbocycles. The van der Waals surface area contributed by atoms with Crippen molar-refractivity contribution in [1.82, 2.24) is 14.7 Å². The zero-order chi connectivity index (χ0) is 20.8. The van der Waals surface area contributed by atoms with Gasteiger partial charge in [0.1, 0.15) is 0 Å². The van der Waals surface area contributed by atoms with Crippen LogP contribution in [0.2, 0.25) is 0 Å². The SMILES string of the molecule is COc1ccc(CN(C)C(=O)C(=O)Nc2cccc(Cn3cccn3)c2)cc1F. The Kier molecular flexibility index (Phi) is 6.23. The number of hydrogen-bond donors (Lipinski definition) is 1. The number of likely N-dealkylation sites (N-methyl/N-ethyl adjacent to an activating group) is 1. The second-order valence-electron chi connectivity index (χ2n) is 6.49. The lowest BCUT2D eigenvalue weighted by atomic mass is 10.2. The number of aromatic nitrogens is 2. The summed E-state index contributed by atoms with van der Waals surface area (Å²) in [7, 11) is 2.86. The molecule has 8 heteroatoms. The molecule has 0 atom stereocenters. The van der Waals surface area contributed by atoms with Crippen molar-refractivity contribution in [3.05, 3.63) is 77.9 Å². The third kappa shape index (κ3) is 5.19. The maximum absolute atomic E-state index is 13.8. The van der Waals surface area contributed by atoms with E-state index in [0.717, 1.165) is 5.56 Å². The maximum Gasteiger partial charge on any atom is 0.313 e. The summed E-state index contributed by atoms with van der Waals surface area (Å²) in [4.78, 5) is 25.9. The Balaban J connectivity index is 1.61. The molecule has 2 aromatic carbocycles. The lowest BCUT2D eigenvalue weighted by Crippen LogP contribution is -2.36. The van der Waals surface area contributed by atoms with Gasteiger partial charge in [0.25, 0.3) is 0 Å². The minimum atomic E-state index is -0.766. The third-order valence-electron chi connectivity index (χ3n) is 4.27. The molecule has 0 aliphatic rings. The Hall–Kier alpha value is -3.68. The van der Waals surface area contributed by atoms with Crippen molar-refractivity contribution in [1.29, 1.82) is 0 Å². The number of benzene rings is 2. The van der Waals surface area contributed by atoms with Gasteiger partial charge in [-0.1, -0.05) is 18.2 Å². The van der Waals surface area contributed by atoms with Gasteiger partial charge in [-0.25, -0.2) is 4.39 Å². The normalized spacial score (nSPS) is 10.4. The zero-order valence-electron chi connectivity index (χ0n) is 16.1. The summed E-state index contributed by atoms with van der Waals surface area (Å²) < 4.78 is 20.4. The molecule has 0 saturated heterocycles. The quantitative estimate of drug-likeness (QED) is 0.650. The first-order chi connectivity index (χ1) is 14.0. The number of rotatable bonds is 6. The van der Waals surface area contributed by atoms with E-state index in [1.165, 1.54) is 31.2 Å². The van der Waals surface area contributed by atoms with E-state index in [9.17, 15) is 14.0 Å². The highest BCUT2D eigenvalue weighted by Crippen LogP contribution is 2.18. The molecule has 0 spiro atoms. The van der Waals surface area contributed by atoms with E-state index in [-0.39, 0.29) is 12.3 Å². The number of amides is 2. The maximum atomic E-state index is 13.8. The molecular weight excluding hydrogens is 375 g/mol. The molecule has 0 bridgehead atoms. The van der Waals surface area contributed by atoms with Crippen molar-refractivity contribution in [2.24, 2.45) is 0 Å². The van der Waals surface area contributed by atoms with Crippen LogP contribution in [-0.4, -0.2) is 40.7 Å². The van der Waals surface area contributed by atoms with Crippen LogP contribution in [0.25, 0.3) is 0 Å². The van der Waals surface area contributed by atoms with Gasteiger partial charge in [0.2, 0.25) is 0 Å². The molecule has 0 aliphatic heterocycles. The van der Waals surface area contributed by atoms with Gasteiger partial charge in [0.05, 0.1) is 13.7 Å². The molecule has 3 rings (SSSR count). The molecule has 150 valence electrons. The molecule has 1 N–H and O–H groups in total. The van der Waals surface area contributed by atoms with Crippen molar-refractivity contribution >= 4 is 17.5 Å². The molecular formula is C21H21FN4O3. The minimum Gasteiger partial charge on any atom is -0.494 e. The van der Waals surface area contributed by atoms with Crippen LogP contribution in [0.15, 0.2) is 60.9 Å². The Bertz CT molecular complexity index is 1000. The second kappa shape index (κ2) is 9.01. The number of halogens is 1. The largest absolute Gasteiger partial charge is 0.494 e. The van der Waals surface area contributed by atoms with E-state index in [1.807, 2.05) is 18.3 Å². The lowest BCUT2D eigenvalue weighted by molar-refractivity contribution is -0.142. The van der Waals surface area contributed by atoms with Crippen LogP contribution in [0.4, 0.5) is 10.1 Å². The highest BCUT2D eigenvalue weighted by molar-refractivity contribution is 6.39. The molecule has 0 radical (unpaired) electrons. The standard InChI is InChI=1S/C21H21FN4O3/c1-25(13-16-7-8-19(29-2)18(22)12-16)21(28)20(27)24-17-6-3-5-15(11-17)14-26-10-4-9-23-26/h3-12H,13-14H2,1-2H3,(H,24,27). The summed E-state index contributed by atoms with van der Waals surface area (Å²) in [5.41, 5.74) is 1.99. The van der Waals surface area contributed by atoms with Crippen LogP contribution in [0.3, 0.4) is 0 Å². The summed E-state index contributed by atoms with van der Waals surface area (Å²) in [5.74, 6) is -1.89. The minimum absolute atomic E-state index is 0.0898. The highest BCUT2D eigenvalue weighted by atomic mass is 19.1. The van der Waals surface area contributed by atoms with Crippen LogP contribution in [0.5, 0.6) is 5.75 Å². The fraction of sp³-hybridized carbons (Fsp3) is 0.190. The Labute approximate surface area is 167 Å². The number of anilines is 1. The van der Waals surface area contributed by atoms with Gasteiger partial charge in [-0.2, -0.15) is 5.10 Å². The van der Waals surface area contributed by atoms with Crippen molar-refractivity contribution in [2.45, 2.75) is 13.1 Å². The van der Waals surface area contributed by atoms with Gasteiger partial charge in [-0.05, 0) is 41.5 Å². The van der Waals surface area contributed by atoms with Crippen LogP contribution < -0.4 is 10.1 Å². The van der Waals surface area contributed by atoms with E-state index >= 15 is 0 Å². The monoisotopic (exact) mass is 396 g/mol. The molecule has 1 aromatic heterocycles. The van der Waals surface area contributed by atoms with Gasteiger partial charge in [-0.15, -0.1) is 0 Å². The van der Waals surface area contributed by atoms with Gasteiger partial charge in [-0.3, -0.25) is 14.3 Å². The molecule has 3 aromatic rings. The van der Waals surface area contributed by atoms with Crippen LogP contribution >= 0.6 is 0 Å². The van der Waals surface area contributed by atoms with E-state index in [1.54, 1.807) is 35.1 Å². The first-order valence-corrected chi connectivity index (χ1v) is 8.91. The van der Waals surface area contributed by atoms with Crippen molar-refractivity contribution in [3.63, 3.8) is 0 Å². The molecule has 7 nitrogen and oxygen atoms in total. The molecule has 1 heterocycles. The molecule has 2 amide bonds. The van der Waals surface area contributed by atoms with Crippen LogP contribution in [0, 0.1) is 5.82 Å². The summed E-state index contributed by atoms with van der Waals surface area (Å²) in [6.07, 6.45) is 3.53. The van der Waals surface area contributed by atoms with Gasteiger partial charge in [0.15, 0.2) is 11.6 Å². The number of hydrogen-bond acceptors (Lipinski definition) is 4. The van der Waals surface area contributed by atoms with E-state index in [0.29, 0.717) is 17.8 Å². The highest BCUT2D eigenvalue weighted by Gasteiger charge is 2.19. The average molecular weight is 396 g/mol. The van der Waals surface area contributed by atoms with Gasteiger partial charge >= 0.3 is 11.8 Å². The summed E-state index contributed by atoms with van der Waals surface area (Å²) in [6, 6.07) is 13.4. The number of nitrogens with one attached hydrogen (secondary N) is 1. The van der Waals surface area contributed by atoms with Gasteiger partial charge in [0, 0.05) is 31.7 Å². The van der Waals surface area contributed by atoms with Crippen molar-refractivity contribution < 1.29 is 18.7 Å². The first-order valence-electron chi connectivity index (χ1n) is 8.91. The molecule has 0 fully saturated rings. The zero-order valence-corrected chi connectivity index (χ0v) is 16.1. The van der Waals surface area contributed by atoms with Crippen LogP contribution in [0.1, 0.15) is 11.1 Å². The predicted octanol–water partition coefficient (Wildman–Crippen LogP) is 2.68. The number of nitrogens with zero attached hydrogens (tertiary/aromatic N) is 3. The average Bonchev–Trinajstić information content (AvgIpc) is 3.20. The summed E-state index contributed by atoms with van der Waals surface area (Å²) in [6.45, 7) is 0.639. The molecule has 0 unspecified atom stereocenters. The van der Waals surface area contributed by atoms with Gasteiger partial charge < -0.3 is 15.0 Å². The fourth-order valence-electron chi connectivity index (χ4n) is 2.84. The van der Waals surface area contributed by atoms with Crippen molar-refractivity contribution in [3.8, 4) is 5.75 Å². The van der Waals surface area contributed by atoms with E-state index in [2.05, 4.69) is 10.4 Å². The summed E-state index contributed by atoms with van der Waals surface area (Å²) in [5, 5.41) is 6.75. The van der Waals surface area contributed by atoms with Crippen LogP contribution in [-0.2, 0) is 22.7 Å². The predicted molar refractivity (Wildman–Crippen MR) is 106 cm³/mol. The topological polar surface area (TPSA) is 76.5 Å². The third-order valence-corrected chi connectivity index (χ3v) is 4.27. The second-order valence-corrected chi connectivity index (χ2v) is 6.49. The number of methoxy groups -OCH3 is 1. The Morgan fingerprint density at radius 1 is 1.17 bits per heavy atom. The molecule has 29 heavy (non-hydrogen) atoms. The fourth-order valence-corrected chi connectivity index (χ4v) is 2.84. The van der Waals surface area contributed by atoms with Crippen molar-refractivity contribution in [2.75, 3.05) is 19.5 Å². The number of ether oxygens (including phenoxy) is 1. The smallest absolute Gasteiger partial charge is 0.313 e. The molecule has 0 saturated carbocycles. The Morgan fingerprint density at radius 2 is 2.00 bits per heavy atom. The van der Waals surface area contributed by atoms with E-state index < -0.39 is 17.6 Å². The summed E-state index contributed by atoms with van der Waals surface area (Å²) >= 11 is 0. The van der Waals surface area contributed by atoms with E-state index in [4.69, 9.17) is 4.74 Å². The lowest BCUT2D eigenvalue weighted by Gasteiger charge is -2.17. The Morgan fingerprint density at radius 3 is 2.69 bits per heavy atom. The number of carbonyl (C=O) groups is 2. The number of carbonyl (C=O) groups excluding carboxylic acids is 2. The first kappa shape index (κ1) is 20.1.